The average Bonchev–Trinajstić information content (AvgIpc) is 2.37. The van der Waals surface area contributed by atoms with Gasteiger partial charge >= 0.3 is 0 Å². The molecular weight excluding hydrogens is 264 g/mol. The number of benzene rings is 1. The van der Waals surface area contributed by atoms with Crippen LogP contribution in [0.2, 0.25) is 0 Å². The number of alkyl halides is 1. The zero-order valence-electron chi connectivity index (χ0n) is 11.1. The first kappa shape index (κ1) is 14.2. The number of methoxy groups -OCH3 is 1. The van der Waals surface area contributed by atoms with E-state index in [1.807, 2.05) is 11.8 Å². The van der Waals surface area contributed by atoms with Crippen molar-refractivity contribution < 1.29 is 4.74 Å². The molecule has 1 aromatic carbocycles. The Morgan fingerprint density at radius 2 is 1.94 bits per heavy atom. The van der Waals surface area contributed by atoms with Crippen molar-refractivity contribution in [2.45, 2.75) is 42.6 Å². The molecule has 0 amide bonds. The summed E-state index contributed by atoms with van der Waals surface area (Å²) in [6.07, 6.45) is 3.63. The largest absolute Gasteiger partial charge is 0.381 e. The van der Waals surface area contributed by atoms with Gasteiger partial charge in [-0.25, -0.2) is 0 Å². The van der Waals surface area contributed by atoms with Crippen molar-refractivity contribution in [2.24, 2.45) is 5.92 Å². The van der Waals surface area contributed by atoms with E-state index >= 15 is 0 Å². The molecule has 1 aliphatic rings. The first-order chi connectivity index (χ1) is 8.67. The molecular formula is C15H21ClOS. The lowest BCUT2D eigenvalue weighted by Gasteiger charge is -2.31. The van der Waals surface area contributed by atoms with Crippen LogP contribution in [0.4, 0.5) is 0 Å². The van der Waals surface area contributed by atoms with Gasteiger partial charge in [0, 0.05) is 23.1 Å². The van der Waals surface area contributed by atoms with Crippen LogP contribution in [0, 0.1) is 12.8 Å². The Bertz CT molecular complexity index is 365. The lowest BCUT2D eigenvalue weighted by atomic mass is 9.88. The van der Waals surface area contributed by atoms with Gasteiger partial charge in [-0.05, 0) is 44.2 Å². The summed E-state index contributed by atoms with van der Waals surface area (Å²) in [6.45, 7) is 2.12. The normalized spacial score (nSPS) is 28.3. The number of thioether (sulfide) groups is 1. The van der Waals surface area contributed by atoms with E-state index in [1.165, 1.54) is 10.5 Å². The van der Waals surface area contributed by atoms with Gasteiger partial charge in [-0.1, -0.05) is 17.7 Å². The first-order valence-corrected chi connectivity index (χ1v) is 7.96. The molecule has 0 saturated heterocycles. The second-order valence-electron chi connectivity index (χ2n) is 5.15. The standard InChI is InChI=1S/C15H21ClOS/c1-11-3-5-15(6-4-11)18-10-12-7-13(16)9-14(8-12)17-2/h3-6,12-14H,7-10H2,1-2H3/t12-,13+,14-/m0/s1. The number of hydrogen-bond donors (Lipinski definition) is 0. The van der Waals surface area contributed by atoms with E-state index in [0.717, 1.165) is 25.0 Å². The van der Waals surface area contributed by atoms with E-state index in [-0.39, 0.29) is 5.38 Å². The zero-order valence-corrected chi connectivity index (χ0v) is 12.6. The van der Waals surface area contributed by atoms with E-state index < -0.39 is 0 Å². The Kier molecular flexibility index (Phi) is 5.40. The van der Waals surface area contributed by atoms with Crippen LogP contribution >= 0.6 is 23.4 Å². The molecule has 0 aromatic heterocycles. The van der Waals surface area contributed by atoms with Crippen LogP contribution in [0.3, 0.4) is 0 Å². The molecule has 2 rings (SSSR count). The number of rotatable bonds is 4. The van der Waals surface area contributed by atoms with Crippen LogP contribution in [0.15, 0.2) is 29.2 Å². The highest BCUT2D eigenvalue weighted by atomic mass is 35.5. The molecule has 3 heteroatoms. The third-order valence-electron chi connectivity index (χ3n) is 3.54. The fourth-order valence-corrected chi connectivity index (χ4v) is 3.96. The van der Waals surface area contributed by atoms with E-state index in [4.69, 9.17) is 16.3 Å². The van der Waals surface area contributed by atoms with Gasteiger partial charge in [0.1, 0.15) is 0 Å². The van der Waals surface area contributed by atoms with Crippen LogP contribution in [-0.2, 0) is 4.74 Å². The molecule has 0 N–H and O–H groups in total. The summed E-state index contributed by atoms with van der Waals surface area (Å²) in [5.41, 5.74) is 1.32. The molecule has 0 unspecified atom stereocenters. The third kappa shape index (κ3) is 4.18. The number of ether oxygens (including phenoxy) is 1. The van der Waals surface area contributed by atoms with Gasteiger partial charge in [-0.3, -0.25) is 0 Å². The summed E-state index contributed by atoms with van der Waals surface area (Å²) in [5.74, 6) is 1.82. The molecule has 1 nitrogen and oxygen atoms in total. The molecule has 1 aromatic rings. The number of halogens is 1. The maximum atomic E-state index is 6.30. The van der Waals surface area contributed by atoms with Gasteiger partial charge in [0.2, 0.25) is 0 Å². The summed E-state index contributed by atoms with van der Waals surface area (Å²) in [7, 11) is 1.80. The summed E-state index contributed by atoms with van der Waals surface area (Å²) >= 11 is 8.23. The second kappa shape index (κ2) is 6.83. The SMILES string of the molecule is CO[C@@H]1C[C@H](Cl)C[C@H](CSc2ccc(C)cc2)C1. The summed E-state index contributed by atoms with van der Waals surface area (Å²) in [6, 6.07) is 8.75. The van der Waals surface area contributed by atoms with E-state index in [0.29, 0.717) is 12.0 Å². The molecule has 0 radical (unpaired) electrons. The molecule has 1 fully saturated rings. The minimum Gasteiger partial charge on any atom is -0.381 e. The molecule has 0 heterocycles. The van der Waals surface area contributed by atoms with Crippen molar-refractivity contribution in [3.05, 3.63) is 29.8 Å². The van der Waals surface area contributed by atoms with Gasteiger partial charge in [0.05, 0.1) is 6.10 Å². The molecule has 0 aliphatic heterocycles. The summed E-state index contributed by atoms with van der Waals surface area (Å²) in [5, 5.41) is 0.285. The fourth-order valence-electron chi connectivity index (χ4n) is 2.48. The highest BCUT2D eigenvalue weighted by molar-refractivity contribution is 7.99. The summed E-state index contributed by atoms with van der Waals surface area (Å²) < 4.78 is 5.47. The Balaban J connectivity index is 1.84. The van der Waals surface area contributed by atoms with E-state index in [1.54, 1.807) is 7.11 Å². The average molecular weight is 285 g/mol. The van der Waals surface area contributed by atoms with Crippen molar-refractivity contribution >= 4 is 23.4 Å². The quantitative estimate of drug-likeness (QED) is 0.594. The highest BCUT2D eigenvalue weighted by Gasteiger charge is 2.27. The molecule has 1 saturated carbocycles. The van der Waals surface area contributed by atoms with E-state index in [2.05, 4.69) is 31.2 Å². The molecule has 0 bridgehead atoms. The molecule has 100 valence electrons. The van der Waals surface area contributed by atoms with Crippen molar-refractivity contribution in [2.75, 3.05) is 12.9 Å². The lowest BCUT2D eigenvalue weighted by Crippen LogP contribution is -2.29. The van der Waals surface area contributed by atoms with Crippen LogP contribution < -0.4 is 0 Å². The number of aryl methyl sites for hydroxylation is 1. The first-order valence-electron chi connectivity index (χ1n) is 6.53. The van der Waals surface area contributed by atoms with Gasteiger partial charge in [-0.15, -0.1) is 23.4 Å². The second-order valence-corrected chi connectivity index (χ2v) is 6.86. The lowest BCUT2D eigenvalue weighted by molar-refractivity contribution is 0.0566. The van der Waals surface area contributed by atoms with Crippen molar-refractivity contribution in [1.29, 1.82) is 0 Å². The van der Waals surface area contributed by atoms with Crippen LogP contribution in [0.25, 0.3) is 0 Å². The summed E-state index contributed by atoms with van der Waals surface area (Å²) in [4.78, 5) is 1.35. The number of hydrogen-bond acceptors (Lipinski definition) is 2. The Hall–Kier alpha value is -0.180. The van der Waals surface area contributed by atoms with Gasteiger partial charge in [0.15, 0.2) is 0 Å². The predicted octanol–water partition coefficient (Wildman–Crippen LogP) is 4.51. The fraction of sp³-hybridized carbons (Fsp3) is 0.600. The maximum absolute atomic E-state index is 6.30. The highest BCUT2D eigenvalue weighted by Crippen LogP contribution is 2.33. The predicted molar refractivity (Wildman–Crippen MR) is 79.7 cm³/mol. The van der Waals surface area contributed by atoms with Crippen molar-refractivity contribution in [3.63, 3.8) is 0 Å². The smallest absolute Gasteiger partial charge is 0.0588 e. The molecule has 1 aliphatic carbocycles. The minimum absolute atomic E-state index is 0.285. The molecule has 0 spiro atoms. The third-order valence-corrected chi connectivity index (χ3v) is 5.14. The topological polar surface area (TPSA) is 9.23 Å². The zero-order chi connectivity index (χ0) is 13.0. The van der Waals surface area contributed by atoms with Gasteiger partial charge in [0.25, 0.3) is 0 Å². The van der Waals surface area contributed by atoms with E-state index in [9.17, 15) is 0 Å². The van der Waals surface area contributed by atoms with Crippen molar-refractivity contribution in [3.8, 4) is 0 Å². The van der Waals surface area contributed by atoms with Crippen molar-refractivity contribution in [1.82, 2.24) is 0 Å². The monoisotopic (exact) mass is 284 g/mol. The Morgan fingerprint density at radius 1 is 1.22 bits per heavy atom. The Labute approximate surface area is 119 Å². The Morgan fingerprint density at radius 3 is 2.61 bits per heavy atom. The van der Waals surface area contributed by atoms with Crippen LogP contribution in [0.1, 0.15) is 24.8 Å². The van der Waals surface area contributed by atoms with Gasteiger partial charge in [-0.2, -0.15) is 0 Å². The maximum Gasteiger partial charge on any atom is 0.0588 e. The van der Waals surface area contributed by atoms with Crippen LogP contribution in [0.5, 0.6) is 0 Å². The molecule has 3 atom stereocenters. The van der Waals surface area contributed by atoms with Crippen LogP contribution in [-0.4, -0.2) is 24.3 Å². The molecule has 18 heavy (non-hydrogen) atoms. The van der Waals surface area contributed by atoms with Gasteiger partial charge < -0.3 is 4.74 Å². The minimum atomic E-state index is 0.285.